The van der Waals surface area contributed by atoms with Crippen LogP contribution in [0.3, 0.4) is 0 Å². The predicted molar refractivity (Wildman–Crippen MR) is 73.6 cm³/mol. The lowest BCUT2D eigenvalue weighted by atomic mass is 10.1. The summed E-state index contributed by atoms with van der Waals surface area (Å²) in [4.78, 5) is 0. The molecule has 0 radical (unpaired) electrons. The minimum atomic E-state index is 0.214. The maximum absolute atomic E-state index is 6.09. The summed E-state index contributed by atoms with van der Waals surface area (Å²) in [6, 6.07) is 3.74. The Bertz CT molecular complexity index is 575. The fourth-order valence-corrected chi connectivity index (χ4v) is 2.42. The van der Waals surface area contributed by atoms with Gasteiger partial charge in [-0.1, -0.05) is 0 Å². The molecule has 3 rings (SSSR count). The lowest BCUT2D eigenvalue weighted by molar-refractivity contribution is 0.164. The van der Waals surface area contributed by atoms with Gasteiger partial charge in [-0.05, 0) is 25.9 Å². The topological polar surface area (TPSA) is 85.2 Å². The van der Waals surface area contributed by atoms with Crippen molar-refractivity contribution in [3.8, 4) is 11.5 Å². The highest BCUT2D eigenvalue weighted by molar-refractivity contribution is 5.95. The molecular formula is C13H18N4O2. The molecule has 1 aromatic heterocycles. The van der Waals surface area contributed by atoms with Crippen LogP contribution in [-0.2, 0) is 0 Å². The number of nitrogens with two attached hydrogens (primary N) is 1. The Morgan fingerprint density at radius 2 is 2.11 bits per heavy atom. The van der Waals surface area contributed by atoms with E-state index in [4.69, 9.17) is 15.2 Å². The van der Waals surface area contributed by atoms with Crippen molar-refractivity contribution in [3.63, 3.8) is 0 Å². The number of H-pyrrole nitrogens is 1. The molecule has 1 aliphatic rings. The zero-order chi connectivity index (χ0) is 13.2. The number of benzene rings is 1. The Morgan fingerprint density at radius 1 is 1.32 bits per heavy atom. The molecular weight excluding hydrogens is 244 g/mol. The molecule has 6 heteroatoms. The third-order valence-corrected chi connectivity index (χ3v) is 3.44. The van der Waals surface area contributed by atoms with Gasteiger partial charge in [-0.2, -0.15) is 5.10 Å². The van der Waals surface area contributed by atoms with E-state index < -0.39 is 0 Å². The summed E-state index contributed by atoms with van der Waals surface area (Å²) in [5.41, 5.74) is 6.73. The number of nitrogen functional groups attached to an aromatic ring is 1. The molecule has 0 atom stereocenters. The molecule has 6 nitrogen and oxygen atoms in total. The lowest BCUT2D eigenvalue weighted by Gasteiger charge is -2.24. The fourth-order valence-electron chi connectivity index (χ4n) is 2.42. The third kappa shape index (κ3) is 2.31. The minimum Gasteiger partial charge on any atom is -0.497 e. The Morgan fingerprint density at radius 3 is 2.84 bits per heavy atom. The van der Waals surface area contributed by atoms with Gasteiger partial charge in [0.25, 0.3) is 0 Å². The van der Waals surface area contributed by atoms with Crippen molar-refractivity contribution in [2.24, 2.45) is 0 Å². The Labute approximate surface area is 111 Å². The van der Waals surface area contributed by atoms with Crippen molar-refractivity contribution in [3.05, 3.63) is 12.1 Å². The summed E-state index contributed by atoms with van der Waals surface area (Å²) in [5, 5.41) is 11.1. The highest BCUT2D eigenvalue weighted by Gasteiger charge is 2.18. The zero-order valence-corrected chi connectivity index (χ0v) is 10.9. The minimum absolute atomic E-state index is 0.214. The maximum Gasteiger partial charge on any atom is 0.156 e. The number of nitrogens with zero attached hydrogens (tertiary/aromatic N) is 1. The van der Waals surface area contributed by atoms with Gasteiger partial charge in [0.05, 0.1) is 18.0 Å². The number of fused-ring (bicyclic) bond motifs is 1. The number of aromatic nitrogens is 2. The number of hydrogen-bond donors (Lipinski definition) is 3. The van der Waals surface area contributed by atoms with Crippen LogP contribution in [0.5, 0.6) is 11.5 Å². The zero-order valence-electron chi connectivity index (χ0n) is 10.9. The monoisotopic (exact) mass is 262 g/mol. The predicted octanol–water partition coefficient (Wildman–Crippen LogP) is 1.28. The first-order valence-electron chi connectivity index (χ1n) is 6.47. The molecule has 0 spiro atoms. The van der Waals surface area contributed by atoms with Crippen LogP contribution in [0.4, 0.5) is 5.82 Å². The normalized spacial score (nSPS) is 16.7. The van der Waals surface area contributed by atoms with Crippen LogP contribution in [0.25, 0.3) is 10.9 Å². The smallest absolute Gasteiger partial charge is 0.156 e. The van der Waals surface area contributed by atoms with Gasteiger partial charge >= 0.3 is 0 Å². The Kier molecular flexibility index (Phi) is 3.16. The second-order valence-electron chi connectivity index (χ2n) is 4.72. The van der Waals surface area contributed by atoms with E-state index in [1.807, 2.05) is 12.1 Å². The van der Waals surface area contributed by atoms with Gasteiger partial charge in [0, 0.05) is 12.1 Å². The number of piperidine rings is 1. The first kappa shape index (κ1) is 12.1. The van der Waals surface area contributed by atoms with E-state index in [1.54, 1.807) is 7.11 Å². The van der Waals surface area contributed by atoms with Crippen molar-refractivity contribution < 1.29 is 9.47 Å². The van der Waals surface area contributed by atoms with Crippen LogP contribution in [0, 0.1) is 0 Å². The molecule has 2 aromatic rings. The van der Waals surface area contributed by atoms with Gasteiger partial charge in [0.15, 0.2) is 5.82 Å². The number of ether oxygens (including phenoxy) is 2. The average Bonchev–Trinajstić information content (AvgIpc) is 2.81. The van der Waals surface area contributed by atoms with Crippen LogP contribution >= 0.6 is 0 Å². The van der Waals surface area contributed by atoms with Crippen molar-refractivity contribution in [2.45, 2.75) is 18.9 Å². The molecule has 0 aliphatic carbocycles. The molecule has 1 fully saturated rings. The molecule has 1 aromatic carbocycles. The molecule has 2 heterocycles. The van der Waals surface area contributed by atoms with E-state index in [1.165, 1.54) is 0 Å². The molecule has 0 amide bonds. The third-order valence-electron chi connectivity index (χ3n) is 3.44. The highest BCUT2D eigenvalue weighted by Crippen LogP contribution is 2.34. The fraction of sp³-hybridized carbons (Fsp3) is 0.462. The van der Waals surface area contributed by atoms with Gasteiger partial charge in [0.2, 0.25) is 0 Å². The van der Waals surface area contributed by atoms with Crippen LogP contribution in [0.1, 0.15) is 12.8 Å². The molecule has 19 heavy (non-hydrogen) atoms. The molecule has 4 N–H and O–H groups in total. The molecule has 0 bridgehead atoms. The molecule has 0 saturated carbocycles. The van der Waals surface area contributed by atoms with Crippen LogP contribution < -0.4 is 20.5 Å². The van der Waals surface area contributed by atoms with Crippen molar-refractivity contribution in [1.29, 1.82) is 0 Å². The standard InChI is InChI=1S/C13H18N4O2/c1-18-9-6-10-12(13(14)17-16-10)11(7-9)19-8-2-4-15-5-3-8/h6-8,15H,2-5H2,1H3,(H3,14,16,17). The Hall–Kier alpha value is -1.95. The second-order valence-corrected chi connectivity index (χ2v) is 4.72. The molecule has 1 aliphatic heterocycles. The first-order valence-corrected chi connectivity index (χ1v) is 6.47. The summed E-state index contributed by atoms with van der Waals surface area (Å²) >= 11 is 0. The summed E-state index contributed by atoms with van der Waals surface area (Å²) in [7, 11) is 1.63. The maximum atomic E-state index is 6.09. The van der Waals surface area contributed by atoms with E-state index in [9.17, 15) is 0 Å². The van der Waals surface area contributed by atoms with Gasteiger partial charge in [-0.3, -0.25) is 5.10 Å². The van der Waals surface area contributed by atoms with Gasteiger partial charge in [-0.25, -0.2) is 0 Å². The number of rotatable bonds is 3. The highest BCUT2D eigenvalue weighted by atomic mass is 16.5. The van der Waals surface area contributed by atoms with Crippen molar-refractivity contribution in [1.82, 2.24) is 15.5 Å². The summed E-state index contributed by atoms with van der Waals surface area (Å²) in [5.74, 6) is 1.94. The summed E-state index contributed by atoms with van der Waals surface area (Å²) < 4.78 is 11.4. The van der Waals surface area contributed by atoms with Crippen LogP contribution in [0.15, 0.2) is 12.1 Å². The molecule has 102 valence electrons. The summed E-state index contributed by atoms with van der Waals surface area (Å²) in [6.45, 7) is 1.97. The SMILES string of the molecule is COc1cc(OC2CCNCC2)c2c(N)n[nH]c2c1. The van der Waals surface area contributed by atoms with Crippen molar-refractivity contribution >= 4 is 16.7 Å². The van der Waals surface area contributed by atoms with Gasteiger partial charge in [0.1, 0.15) is 17.6 Å². The van der Waals surface area contributed by atoms with E-state index in [-0.39, 0.29) is 6.10 Å². The van der Waals surface area contributed by atoms with E-state index in [0.717, 1.165) is 48.3 Å². The molecule has 1 saturated heterocycles. The quantitative estimate of drug-likeness (QED) is 0.776. The number of aromatic amines is 1. The van der Waals surface area contributed by atoms with Gasteiger partial charge < -0.3 is 20.5 Å². The first-order chi connectivity index (χ1) is 9.28. The second kappa shape index (κ2) is 4.97. The van der Waals surface area contributed by atoms with E-state index >= 15 is 0 Å². The molecule has 0 unspecified atom stereocenters. The van der Waals surface area contributed by atoms with Crippen LogP contribution in [-0.4, -0.2) is 36.5 Å². The van der Waals surface area contributed by atoms with Gasteiger partial charge in [-0.15, -0.1) is 0 Å². The largest absolute Gasteiger partial charge is 0.497 e. The number of methoxy groups -OCH3 is 1. The number of hydrogen-bond acceptors (Lipinski definition) is 5. The van der Waals surface area contributed by atoms with E-state index in [0.29, 0.717) is 5.82 Å². The summed E-state index contributed by atoms with van der Waals surface area (Å²) in [6.07, 6.45) is 2.21. The van der Waals surface area contributed by atoms with Crippen LogP contribution in [0.2, 0.25) is 0 Å². The van der Waals surface area contributed by atoms with E-state index in [2.05, 4.69) is 15.5 Å². The van der Waals surface area contributed by atoms with Crippen molar-refractivity contribution in [2.75, 3.05) is 25.9 Å². The number of nitrogens with one attached hydrogen (secondary N) is 2. The average molecular weight is 262 g/mol. The Balaban J connectivity index is 1.97. The number of anilines is 1. The lowest BCUT2D eigenvalue weighted by Crippen LogP contribution is -2.34.